The SMILES string of the molecule is CCOc1nc(-c2ccccc2)nc2c1CCC(C(=O)N1CCN(CC)CC1)CC2. The molecule has 4 rings (SSSR count). The van der Waals surface area contributed by atoms with Crippen molar-refractivity contribution < 1.29 is 9.53 Å². The molecule has 1 unspecified atom stereocenters. The van der Waals surface area contributed by atoms with Crippen LogP contribution >= 0.6 is 0 Å². The van der Waals surface area contributed by atoms with Gasteiger partial charge in [-0.1, -0.05) is 37.3 Å². The van der Waals surface area contributed by atoms with Crippen LogP contribution in [0.15, 0.2) is 30.3 Å². The van der Waals surface area contributed by atoms with Crippen molar-refractivity contribution in [1.82, 2.24) is 19.8 Å². The zero-order valence-electron chi connectivity index (χ0n) is 18.1. The summed E-state index contributed by atoms with van der Waals surface area (Å²) in [5.41, 5.74) is 3.12. The van der Waals surface area contributed by atoms with Crippen LogP contribution in [0, 0.1) is 5.92 Å². The summed E-state index contributed by atoms with van der Waals surface area (Å²) in [7, 11) is 0. The lowest BCUT2D eigenvalue weighted by molar-refractivity contribution is -0.137. The van der Waals surface area contributed by atoms with Crippen LogP contribution in [0.5, 0.6) is 5.88 Å². The molecule has 0 spiro atoms. The number of carbonyl (C=O) groups is 1. The minimum atomic E-state index is 0.0574. The van der Waals surface area contributed by atoms with Crippen molar-refractivity contribution in [2.45, 2.75) is 39.5 Å². The van der Waals surface area contributed by atoms with Gasteiger partial charge in [0.25, 0.3) is 0 Å². The average Bonchev–Trinajstić information content (AvgIpc) is 3.02. The van der Waals surface area contributed by atoms with Gasteiger partial charge in [-0.05, 0) is 39.2 Å². The standard InChI is InChI=1S/C24H32N4O2/c1-3-27-14-16-28(17-15-27)24(29)19-10-12-20-21(13-11-19)25-22(26-23(20)30-4-2)18-8-6-5-7-9-18/h5-9,19H,3-4,10-17H2,1-2H3. The first-order valence-corrected chi connectivity index (χ1v) is 11.3. The first kappa shape index (κ1) is 20.8. The Morgan fingerprint density at radius 2 is 1.77 bits per heavy atom. The summed E-state index contributed by atoms with van der Waals surface area (Å²) >= 11 is 0. The van der Waals surface area contributed by atoms with Crippen LogP contribution in [0.2, 0.25) is 0 Å². The third-order valence-corrected chi connectivity index (χ3v) is 6.32. The number of amides is 1. The molecule has 1 aliphatic heterocycles. The van der Waals surface area contributed by atoms with E-state index in [9.17, 15) is 4.79 Å². The number of ether oxygens (including phenoxy) is 1. The third kappa shape index (κ3) is 4.48. The molecule has 160 valence electrons. The van der Waals surface area contributed by atoms with E-state index in [-0.39, 0.29) is 5.92 Å². The molecule has 2 heterocycles. The topological polar surface area (TPSA) is 58.6 Å². The second-order valence-corrected chi connectivity index (χ2v) is 8.11. The number of aromatic nitrogens is 2. The molecule has 6 nitrogen and oxygen atoms in total. The number of hydrogen-bond acceptors (Lipinski definition) is 5. The number of carbonyl (C=O) groups excluding carboxylic acids is 1. The number of benzene rings is 1. The van der Waals surface area contributed by atoms with Gasteiger partial charge in [-0.15, -0.1) is 0 Å². The number of aryl methyl sites for hydroxylation is 1. The first-order valence-electron chi connectivity index (χ1n) is 11.3. The van der Waals surface area contributed by atoms with Gasteiger partial charge in [0.2, 0.25) is 11.8 Å². The van der Waals surface area contributed by atoms with E-state index in [1.807, 2.05) is 37.3 Å². The molecule has 0 N–H and O–H groups in total. The quantitative estimate of drug-likeness (QED) is 0.711. The number of piperazine rings is 1. The molecule has 1 aromatic carbocycles. The lowest BCUT2D eigenvalue weighted by Crippen LogP contribution is -2.50. The molecule has 0 radical (unpaired) electrons. The van der Waals surface area contributed by atoms with E-state index in [0.29, 0.717) is 24.2 Å². The highest BCUT2D eigenvalue weighted by Gasteiger charge is 2.30. The molecule has 2 aliphatic rings. The molecule has 0 bridgehead atoms. The van der Waals surface area contributed by atoms with Crippen LogP contribution in [0.3, 0.4) is 0 Å². The van der Waals surface area contributed by atoms with E-state index in [0.717, 1.165) is 75.2 Å². The van der Waals surface area contributed by atoms with E-state index >= 15 is 0 Å². The highest BCUT2D eigenvalue weighted by molar-refractivity contribution is 5.79. The monoisotopic (exact) mass is 408 g/mol. The Morgan fingerprint density at radius 1 is 1.03 bits per heavy atom. The van der Waals surface area contributed by atoms with E-state index in [4.69, 9.17) is 14.7 Å². The smallest absolute Gasteiger partial charge is 0.225 e. The van der Waals surface area contributed by atoms with E-state index < -0.39 is 0 Å². The molecule has 1 amide bonds. The predicted molar refractivity (Wildman–Crippen MR) is 117 cm³/mol. The molecular formula is C24H32N4O2. The van der Waals surface area contributed by atoms with Crippen LogP contribution in [0.25, 0.3) is 11.4 Å². The molecule has 30 heavy (non-hydrogen) atoms. The number of likely N-dealkylation sites (N-methyl/N-ethyl adjacent to an activating group) is 1. The zero-order valence-corrected chi connectivity index (χ0v) is 18.1. The van der Waals surface area contributed by atoms with Crippen molar-refractivity contribution in [3.05, 3.63) is 41.6 Å². The molecule has 1 fully saturated rings. The third-order valence-electron chi connectivity index (χ3n) is 6.32. The largest absolute Gasteiger partial charge is 0.478 e. The minimum absolute atomic E-state index is 0.0574. The highest BCUT2D eigenvalue weighted by Crippen LogP contribution is 2.32. The number of rotatable bonds is 5. The van der Waals surface area contributed by atoms with Crippen molar-refractivity contribution in [3.8, 4) is 17.3 Å². The Morgan fingerprint density at radius 3 is 2.47 bits per heavy atom. The van der Waals surface area contributed by atoms with E-state index in [1.165, 1.54) is 0 Å². The maximum Gasteiger partial charge on any atom is 0.225 e. The van der Waals surface area contributed by atoms with Crippen molar-refractivity contribution in [3.63, 3.8) is 0 Å². The molecule has 2 aromatic rings. The number of fused-ring (bicyclic) bond motifs is 1. The summed E-state index contributed by atoms with van der Waals surface area (Å²) in [4.78, 5) is 27.3. The van der Waals surface area contributed by atoms with Crippen LogP contribution in [0.4, 0.5) is 0 Å². The summed E-state index contributed by atoms with van der Waals surface area (Å²) in [6.45, 7) is 9.45. The lowest BCUT2D eigenvalue weighted by Gasteiger charge is -2.35. The van der Waals surface area contributed by atoms with E-state index in [1.54, 1.807) is 0 Å². The van der Waals surface area contributed by atoms with Gasteiger partial charge >= 0.3 is 0 Å². The van der Waals surface area contributed by atoms with Crippen LogP contribution in [-0.2, 0) is 17.6 Å². The molecule has 1 aromatic heterocycles. The molecule has 0 saturated carbocycles. The van der Waals surface area contributed by atoms with Gasteiger partial charge in [0.15, 0.2) is 5.82 Å². The van der Waals surface area contributed by atoms with Gasteiger partial charge in [-0.2, -0.15) is 4.98 Å². The zero-order chi connectivity index (χ0) is 20.9. The highest BCUT2D eigenvalue weighted by atomic mass is 16.5. The predicted octanol–water partition coefficient (Wildman–Crippen LogP) is 3.20. The van der Waals surface area contributed by atoms with Gasteiger partial charge in [-0.25, -0.2) is 4.98 Å². The average molecular weight is 409 g/mol. The summed E-state index contributed by atoms with van der Waals surface area (Å²) < 4.78 is 5.91. The van der Waals surface area contributed by atoms with Gasteiger partial charge in [0, 0.05) is 43.2 Å². The number of nitrogens with zero attached hydrogens (tertiary/aromatic N) is 4. The first-order chi connectivity index (χ1) is 14.7. The normalized spacial score (nSPS) is 19.8. The second kappa shape index (κ2) is 9.56. The van der Waals surface area contributed by atoms with Crippen molar-refractivity contribution in [2.75, 3.05) is 39.3 Å². The fourth-order valence-electron chi connectivity index (χ4n) is 4.50. The second-order valence-electron chi connectivity index (χ2n) is 8.11. The molecule has 6 heteroatoms. The van der Waals surface area contributed by atoms with Crippen molar-refractivity contribution in [1.29, 1.82) is 0 Å². The number of hydrogen-bond donors (Lipinski definition) is 0. The van der Waals surface area contributed by atoms with Gasteiger partial charge < -0.3 is 14.5 Å². The summed E-state index contributed by atoms with van der Waals surface area (Å²) in [5.74, 6) is 1.76. The lowest BCUT2D eigenvalue weighted by atomic mass is 9.97. The van der Waals surface area contributed by atoms with E-state index in [2.05, 4.69) is 16.7 Å². The Hall–Kier alpha value is -2.47. The molecular weight excluding hydrogens is 376 g/mol. The van der Waals surface area contributed by atoms with Crippen molar-refractivity contribution >= 4 is 5.91 Å². The Balaban J connectivity index is 1.52. The van der Waals surface area contributed by atoms with Crippen LogP contribution < -0.4 is 4.74 Å². The Bertz CT molecular complexity index is 863. The maximum atomic E-state index is 13.2. The molecule has 1 saturated heterocycles. The summed E-state index contributed by atoms with van der Waals surface area (Å²) in [6, 6.07) is 10.0. The minimum Gasteiger partial charge on any atom is -0.478 e. The maximum absolute atomic E-state index is 13.2. The van der Waals surface area contributed by atoms with Gasteiger partial charge in [0.1, 0.15) is 0 Å². The fourth-order valence-corrected chi connectivity index (χ4v) is 4.50. The summed E-state index contributed by atoms with van der Waals surface area (Å²) in [5, 5.41) is 0. The van der Waals surface area contributed by atoms with Crippen molar-refractivity contribution in [2.24, 2.45) is 5.92 Å². The van der Waals surface area contributed by atoms with Gasteiger partial charge in [0.05, 0.1) is 12.3 Å². The molecule has 1 aliphatic carbocycles. The Labute approximate surface area is 179 Å². The fraction of sp³-hybridized carbons (Fsp3) is 0.542. The van der Waals surface area contributed by atoms with Crippen LogP contribution in [-0.4, -0.2) is 65.0 Å². The molecule has 1 atom stereocenters. The van der Waals surface area contributed by atoms with Crippen LogP contribution in [0.1, 0.15) is 37.9 Å². The summed E-state index contributed by atoms with van der Waals surface area (Å²) in [6.07, 6.45) is 3.28. The van der Waals surface area contributed by atoms with Gasteiger partial charge in [-0.3, -0.25) is 4.79 Å². The Kier molecular flexibility index (Phi) is 6.62.